The summed E-state index contributed by atoms with van der Waals surface area (Å²) >= 11 is 0. The standard InChI is InChI=1S/C28H54O7S.C10H23NO/c1-3-5-7-9-11-13-15-17-19-21-23-28(27(31)32,25(26(29)30)36(33,34)35)24-22-20-18-16-14-12-10-8-6-4-2;1-3-5-7-11(9-10-12)8-6-4-2/h25H,3-24H2,1-2H3,(H,29,30)(H,31,32)(H,33,34,35);12H,3-10H2,1-2H3. The fourth-order valence-corrected chi connectivity index (χ4v) is 7.62. The van der Waals surface area contributed by atoms with Gasteiger partial charge in [-0.2, -0.15) is 8.42 Å². The lowest BCUT2D eigenvalue weighted by molar-refractivity contribution is -0.156. The molecule has 9 nitrogen and oxygen atoms in total. The SMILES string of the molecule is CCCCCCCCCCCCC(CCCCCCCCCCCC)(C(=O)O)C(C(=O)O)S(=O)(=O)O.CCCCN(CCO)CCCC. The average molecular weight is 708 g/mol. The average Bonchev–Trinajstić information content (AvgIpc) is 3.03. The van der Waals surface area contributed by atoms with E-state index >= 15 is 0 Å². The van der Waals surface area contributed by atoms with Crippen LogP contribution in [0, 0.1) is 5.41 Å². The first kappa shape index (κ1) is 48.9. The minimum Gasteiger partial charge on any atom is -0.481 e. The molecular formula is C38H77NO8S. The predicted molar refractivity (Wildman–Crippen MR) is 199 cm³/mol. The van der Waals surface area contributed by atoms with Gasteiger partial charge >= 0.3 is 11.9 Å². The molecule has 0 spiro atoms. The fourth-order valence-electron chi connectivity index (χ4n) is 6.46. The van der Waals surface area contributed by atoms with Gasteiger partial charge in [-0.1, -0.05) is 169 Å². The summed E-state index contributed by atoms with van der Waals surface area (Å²) < 4.78 is 33.7. The summed E-state index contributed by atoms with van der Waals surface area (Å²) in [7, 11) is -5.07. The molecule has 0 aromatic heterocycles. The first-order chi connectivity index (χ1) is 23.0. The minimum absolute atomic E-state index is 0.0625. The highest BCUT2D eigenvalue weighted by Crippen LogP contribution is 2.39. The number of carbonyl (C=O) groups is 2. The summed E-state index contributed by atoms with van der Waals surface area (Å²) in [6, 6.07) is 0. The Morgan fingerprint density at radius 1 is 0.542 bits per heavy atom. The highest BCUT2D eigenvalue weighted by Gasteiger charge is 2.55. The van der Waals surface area contributed by atoms with Crippen molar-refractivity contribution >= 4 is 22.1 Å². The topological polar surface area (TPSA) is 152 Å². The Hall–Kier alpha value is -1.23. The molecule has 0 amide bonds. The van der Waals surface area contributed by atoms with Crippen LogP contribution >= 0.6 is 0 Å². The van der Waals surface area contributed by atoms with E-state index in [1.54, 1.807) is 0 Å². The second-order valence-electron chi connectivity index (χ2n) is 13.8. The van der Waals surface area contributed by atoms with Gasteiger partial charge in [-0.25, -0.2) is 0 Å². The zero-order valence-corrected chi connectivity index (χ0v) is 32.4. The first-order valence-electron chi connectivity index (χ1n) is 19.7. The number of hydrogen-bond acceptors (Lipinski definition) is 6. The number of carboxylic acids is 2. The summed E-state index contributed by atoms with van der Waals surface area (Å²) in [5.41, 5.74) is -2.01. The molecular weight excluding hydrogens is 630 g/mol. The van der Waals surface area contributed by atoms with Crippen molar-refractivity contribution < 1.29 is 37.9 Å². The van der Waals surface area contributed by atoms with Crippen LogP contribution in [0.2, 0.25) is 0 Å². The molecule has 0 aliphatic heterocycles. The lowest BCUT2D eigenvalue weighted by Crippen LogP contribution is -2.51. The summed E-state index contributed by atoms with van der Waals surface area (Å²) in [6.07, 6.45) is 25.6. The number of nitrogens with zero attached hydrogens (tertiary/aromatic N) is 1. The number of aliphatic carboxylic acids is 2. The van der Waals surface area contributed by atoms with Crippen LogP contribution in [0.15, 0.2) is 0 Å². The molecule has 10 heteroatoms. The Labute approximate surface area is 295 Å². The molecule has 48 heavy (non-hydrogen) atoms. The van der Waals surface area contributed by atoms with Gasteiger partial charge in [0.25, 0.3) is 10.1 Å². The smallest absolute Gasteiger partial charge is 0.325 e. The molecule has 0 rings (SSSR count). The van der Waals surface area contributed by atoms with Crippen LogP contribution in [0.1, 0.15) is 195 Å². The Morgan fingerprint density at radius 3 is 1.10 bits per heavy atom. The second-order valence-corrected chi connectivity index (χ2v) is 15.3. The van der Waals surface area contributed by atoms with Gasteiger partial charge in [0.05, 0.1) is 12.0 Å². The van der Waals surface area contributed by atoms with Crippen molar-refractivity contribution in [3.63, 3.8) is 0 Å². The van der Waals surface area contributed by atoms with Gasteiger partial charge in [-0.15, -0.1) is 0 Å². The Morgan fingerprint density at radius 2 is 0.854 bits per heavy atom. The molecule has 1 atom stereocenters. The zero-order valence-electron chi connectivity index (χ0n) is 31.6. The van der Waals surface area contributed by atoms with E-state index in [0.29, 0.717) is 19.4 Å². The maximum atomic E-state index is 12.4. The maximum Gasteiger partial charge on any atom is 0.325 e. The lowest BCUT2D eigenvalue weighted by atomic mass is 9.74. The van der Waals surface area contributed by atoms with Crippen LogP contribution in [0.5, 0.6) is 0 Å². The van der Waals surface area contributed by atoms with Crippen molar-refractivity contribution in [2.24, 2.45) is 5.41 Å². The highest BCUT2D eigenvalue weighted by molar-refractivity contribution is 7.87. The van der Waals surface area contributed by atoms with E-state index in [4.69, 9.17) is 5.11 Å². The second kappa shape index (κ2) is 32.9. The molecule has 0 saturated carbocycles. The molecule has 0 radical (unpaired) electrons. The van der Waals surface area contributed by atoms with Gasteiger partial charge in [-0.05, 0) is 38.8 Å². The molecule has 288 valence electrons. The van der Waals surface area contributed by atoms with Crippen LogP contribution in [0.25, 0.3) is 0 Å². The number of hydrogen-bond donors (Lipinski definition) is 4. The minimum atomic E-state index is -5.07. The Balaban J connectivity index is 0. The molecule has 4 N–H and O–H groups in total. The van der Waals surface area contributed by atoms with Crippen LogP contribution in [-0.4, -0.2) is 76.6 Å². The molecule has 0 saturated heterocycles. The van der Waals surface area contributed by atoms with Gasteiger partial charge < -0.3 is 20.2 Å². The summed E-state index contributed by atoms with van der Waals surface area (Å²) in [5.74, 6) is -3.24. The molecule has 0 fully saturated rings. The molecule has 0 aromatic rings. The van der Waals surface area contributed by atoms with Crippen molar-refractivity contribution in [2.75, 3.05) is 26.2 Å². The van der Waals surface area contributed by atoms with Gasteiger partial charge in [0.1, 0.15) is 0 Å². The van der Waals surface area contributed by atoms with Crippen LogP contribution in [0.3, 0.4) is 0 Å². The number of carboxylic acid groups (broad SMARTS) is 2. The third-order valence-corrected chi connectivity index (χ3v) is 10.7. The zero-order chi connectivity index (χ0) is 36.5. The molecule has 0 aliphatic carbocycles. The normalized spacial score (nSPS) is 12.6. The molecule has 0 bridgehead atoms. The Bertz CT molecular complexity index is 820. The Kier molecular flexibility index (Phi) is 33.6. The van der Waals surface area contributed by atoms with E-state index in [2.05, 4.69) is 32.6 Å². The monoisotopic (exact) mass is 708 g/mol. The van der Waals surface area contributed by atoms with Crippen LogP contribution < -0.4 is 0 Å². The van der Waals surface area contributed by atoms with Crippen LogP contribution in [-0.2, 0) is 19.7 Å². The molecule has 0 heterocycles. The lowest BCUT2D eigenvalue weighted by Gasteiger charge is -2.33. The molecule has 0 aromatic carbocycles. The van der Waals surface area contributed by atoms with Crippen molar-refractivity contribution in [2.45, 2.75) is 200 Å². The van der Waals surface area contributed by atoms with Gasteiger partial charge in [0.2, 0.25) is 0 Å². The fraction of sp³-hybridized carbons (Fsp3) is 0.947. The number of aliphatic hydroxyl groups is 1. The van der Waals surface area contributed by atoms with Crippen LogP contribution in [0.4, 0.5) is 0 Å². The largest absolute Gasteiger partial charge is 0.481 e. The van der Waals surface area contributed by atoms with E-state index in [1.807, 2.05) is 0 Å². The summed E-state index contributed by atoms with van der Waals surface area (Å²) in [4.78, 5) is 26.6. The third kappa shape index (κ3) is 25.7. The van der Waals surface area contributed by atoms with E-state index in [-0.39, 0.29) is 12.8 Å². The van der Waals surface area contributed by atoms with Crippen molar-refractivity contribution in [1.29, 1.82) is 0 Å². The van der Waals surface area contributed by atoms with E-state index in [0.717, 1.165) is 71.0 Å². The summed E-state index contributed by atoms with van der Waals surface area (Å²) in [6.45, 7) is 12.2. The molecule has 0 aliphatic rings. The summed E-state index contributed by atoms with van der Waals surface area (Å²) in [5, 5.41) is 26.1. The van der Waals surface area contributed by atoms with Gasteiger partial charge in [-0.3, -0.25) is 14.1 Å². The van der Waals surface area contributed by atoms with E-state index in [9.17, 15) is 32.8 Å². The van der Waals surface area contributed by atoms with Gasteiger partial charge in [0, 0.05) is 6.54 Å². The third-order valence-electron chi connectivity index (χ3n) is 9.47. The van der Waals surface area contributed by atoms with Crippen molar-refractivity contribution in [3.8, 4) is 0 Å². The van der Waals surface area contributed by atoms with E-state index < -0.39 is 32.7 Å². The highest BCUT2D eigenvalue weighted by atomic mass is 32.2. The van der Waals surface area contributed by atoms with E-state index in [1.165, 1.54) is 89.9 Å². The maximum absolute atomic E-state index is 12.4. The quantitative estimate of drug-likeness (QED) is 0.0378. The first-order valence-corrected chi connectivity index (χ1v) is 21.2. The number of aliphatic hydroxyl groups excluding tert-OH is 1. The predicted octanol–water partition coefficient (Wildman–Crippen LogP) is 9.90. The van der Waals surface area contributed by atoms with Crippen molar-refractivity contribution in [3.05, 3.63) is 0 Å². The number of rotatable bonds is 34. The number of unbranched alkanes of at least 4 members (excludes halogenated alkanes) is 20. The molecule has 1 unspecified atom stereocenters. The van der Waals surface area contributed by atoms with Gasteiger partial charge in [0.15, 0.2) is 5.25 Å². The van der Waals surface area contributed by atoms with Crippen molar-refractivity contribution in [1.82, 2.24) is 4.90 Å².